The zero-order valence-electron chi connectivity index (χ0n) is 59.6. The Morgan fingerprint density at radius 3 is 0.713 bits per heavy atom. The summed E-state index contributed by atoms with van der Waals surface area (Å²) < 4.78 is 358. The largest absolute Gasteiger partial charge is 0.416 e. The molecule has 0 unspecified atom stereocenters. The van der Waals surface area contributed by atoms with Crippen molar-refractivity contribution in [3.63, 3.8) is 0 Å². The lowest BCUT2D eigenvalue weighted by Crippen LogP contribution is -2.29. The van der Waals surface area contributed by atoms with E-state index in [1.54, 1.807) is 97.1 Å². The fourth-order valence-corrected chi connectivity index (χ4v) is 16.7. The number of alkyl halides is 24. The van der Waals surface area contributed by atoms with Crippen LogP contribution in [-0.2, 0) is 66.8 Å². The minimum atomic E-state index is -5.34. The first-order chi connectivity index (χ1) is 54.0. The number of halogens is 24. The number of hydrogen-bond donors (Lipinski definition) is 0. The molecule has 0 saturated heterocycles. The maximum Gasteiger partial charge on any atom is 0.416 e. The molecule has 1 nitrogen and oxygen atoms in total. The Labute approximate surface area is 639 Å². The third kappa shape index (κ3) is 14.2. The quantitative estimate of drug-likeness (QED) is 0.0712. The molecule has 0 radical (unpaired) electrons. The molecule has 1 heterocycles. The lowest BCUT2D eigenvalue weighted by molar-refractivity contribution is -0.144. The molecule has 2 aliphatic carbocycles. The van der Waals surface area contributed by atoms with E-state index in [1.807, 2.05) is 11.5 Å². The average molecular weight is 1610 g/mol. The highest BCUT2D eigenvalue weighted by atomic mass is 19.4. The number of hydrogen-bond acceptors (Lipinski definition) is 0. The summed E-state index contributed by atoms with van der Waals surface area (Å²) >= 11 is 0. The fourth-order valence-electron chi connectivity index (χ4n) is 16.7. The van der Waals surface area contributed by atoms with Crippen LogP contribution >= 0.6 is 0 Å². The van der Waals surface area contributed by atoms with Crippen LogP contribution in [0, 0.1) is 0 Å². The molecule has 25 heteroatoms. The zero-order chi connectivity index (χ0) is 82.3. The van der Waals surface area contributed by atoms with E-state index in [2.05, 4.69) is 0 Å². The highest BCUT2D eigenvalue weighted by Gasteiger charge is 2.51. The van der Waals surface area contributed by atoms with Gasteiger partial charge in [-0.25, -0.2) is 0 Å². The van der Waals surface area contributed by atoms with Gasteiger partial charge in [-0.05, 0) is 239 Å². The number of unbranched alkanes of at least 4 members (excludes halogenated alkanes) is 5. The molecule has 0 spiro atoms. The Hall–Kier alpha value is -11.2. The second-order valence-electron chi connectivity index (χ2n) is 28.8. The van der Waals surface area contributed by atoms with Crippen LogP contribution in [0.3, 0.4) is 0 Å². The summed E-state index contributed by atoms with van der Waals surface area (Å²) in [6, 6.07) is 46.4. The van der Waals surface area contributed by atoms with E-state index in [9.17, 15) is 105 Å². The van der Waals surface area contributed by atoms with Crippen LogP contribution in [0.2, 0.25) is 0 Å². The van der Waals surface area contributed by atoms with Crippen LogP contribution in [0.1, 0.15) is 134 Å². The summed E-state index contributed by atoms with van der Waals surface area (Å²) in [4.78, 5) is 0. The van der Waals surface area contributed by atoms with Crippen molar-refractivity contribution in [2.24, 2.45) is 0 Å². The second kappa shape index (κ2) is 28.1. The predicted molar refractivity (Wildman–Crippen MR) is 389 cm³/mol. The molecule has 0 aliphatic heterocycles. The molecule has 0 N–H and O–H groups in total. The molecule has 0 amide bonds. The second-order valence-corrected chi connectivity index (χ2v) is 28.8. The molecule has 13 aromatic rings. The summed E-state index contributed by atoms with van der Waals surface area (Å²) in [6.45, 7) is 2.32. The lowest BCUT2D eigenvalue weighted by Gasteiger charge is -2.35. The van der Waals surface area contributed by atoms with Gasteiger partial charge in [-0.15, -0.1) is 0 Å². The van der Waals surface area contributed by atoms with E-state index in [4.69, 9.17) is 0 Å². The van der Waals surface area contributed by atoms with Crippen LogP contribution in [0.5, 0.6) is 0 Å². The van der Waals surface area contributed by atoms with Gasteiger partial charge in [0.2, 0.25) is 0 Å². The first kappa shape index (κ1) is 79.0. The van der Waals surface area contributed by atoms with Gasteiger partial charge in [0.25, 0.3) is 0 Å². The van der Waals surface area contributed by atoms with Crippen molar-refractivity contribution in [2.75, 3.05) is 0 Å². The normalized spacial score (nSPS) is 14.3. The third-order valence-corrected chi connectivity index (χ3v) is 21.8. The van der Waals surface area contributed by atoms with Crippen molar-refractivity contribution in [2.45, 2.75) is 112 Å². The van der Waals surface area contributed by atoms with Crippen molar-refractivity contribution in [1.82, 2.24) is 4.57 Å². The SMILES string of the molecule is CCCCCCCCn1c2ccc(C3(c4ccccc4)c4cc(-c5cc(C(F)(F)F)cc(C(F)(F)F)c5)ccc4-c4ccc(-c5cc(C(F)(F)F)cc(C(F)(F)F)c5)cc43)cc2c2cc(C3(c4ccccc4)c4cc(-c5cc(C(F)(F)F)cc(C(F)(F)F)c5)ccc4-c4ccc(-c5cc(C(F)(F)F)cc(C(F)(F)F)c5)cc43)ccc21. The van der Waals surface area contributed by atoms with Crippen LogP contribution in [0.25, 0.3) is 88.6 Å². The van der Waals surface area contributed by atoms with Gasteiger partial charge in [0.15, 0.2) is 0 Å². The van der Waals surface area contributed by atoms with E-state index in [0.717, 1.165) is 25.7 Å². The molecule has 0 bridgehead atoms. The number of aromatic nitrogens is 1. The summed E-state index contributed by atoms with van der Waals surface area (Å²) in [5.74, 6) is 0. The number of nitrogens with zero attached hydrogens (tertiary/aromatic N) is 1. The van der Waals surface area contributed by atoms with E-state index in [-0.39, 0.29) is 109 Å². The molecule has 12 aromatic carbocycles. The third-order valence-electron chi connectivity index (χ3n) is 21.8. The Bertz CT molecular complexity index is 5230. The zero-order valence-corrected chi connectivity index (χ0v) is 59.6. The van der Waals surface area contributed by atoms with Gasteiger partial charge in [0, 0.05) is 28.4 Å². The molecule has 15 rings (SSSR count). The average Bonchev–Trinajstić information content (AvgIpc) is 1.54. The molecule has 590 valence electrons. The molecule has 0 fully saturated rings. The first-order valence-electron chi connectivity index (χ1n) is 35.9. The maximum atomic E-state index is 14.8. The summed E-state index contributed by atoms with van der Waals surface area (Å²) in [7, 11) is 0. The van der Waals surface area contributed by atoms with Gasteiger partial charge in [-0.3, -0.25) is 0 Å². The molecule has 1 aromatic heterocycles. The van der Waals surface area contributed by atoms with Gasteiger partial charge in [-0.1, -0.05) is 160 Å². The summed E-state index contributed by atoms with van der Waals surface area (Å²) in [5, 5.41) is 0.713. The van der Waals surface area contributed by atoms with Gasteiger partial charge in [-0.2, -0.15) is 105 Å². The van der Waals surface area contributed by atoms with Crippen molar-refractivity contribution in [3.8, 4) is 66.8 Å². The Morgan fingerprint density at radius 2 is 0.470 bits per heavy atom. The molecule has 0 atom stereocenters. The topological polar surface area (TPSA) is 4.93 Å². The van der Waals surface area contributed by atoms with Crippen LogP contribution in [-0.4, -0.2) is 4.57 Å². The van der Waals surface area contributed by atoms with Crippen LogP contribution in [0.4, 0.5) is 105 Å². The maximum absolute atomic E-state index is 14.8. The minimum Gasteiger partial charge on any atom is -0.340 e. The summed E-state index contributed by atoms with van der Waals surface area (Å²) in [5.41, 5.74) is -16.8. The van der Waals surface area contributed by atoms with Crippen molar-refractivity contribution < 1.29 is 105 Å². The van der Waals surface area contributed by atoms with Gasteiger partial charge in [0.1, 0.15) is 0 Å². The van der Waals surface area contributed by atoms with Gasteiger partial charge in [0.05, 0.1) is 55.3 Å². The molecule has 0 saturated carbocycles. The number of benzene rings is 12. The van der Waals surface area contributed by atoms with E-state index in [1.165, 1.54) is 72.8 Å². The van der Waals surface area contributed by atoms with E-state index >= 15 is 0 Å². The Morgan fingerprint density at radius 1 is 0.226 bits per heavy atom. The van der Waals surface area contributed by atoms with Crippen LogP contribution < -0.4 is 0 Å². The fraction of sp³-hybridized carbons (Fsp3) is 0.200. The highest BCUT2D eigenvalue weighted by molar-refractivity contribution is 6.10. The minimum absolute atomic E-state index is 0.0575. The Balaban J connectivity index is 1.06. The molecular formula is C90H57F24N. The molecule has 115 heavy (non-hydrogen) atoms. The van der Waals surface area contributed by atoms with E-state index in [0.29, 0.717) is 94.3 Å². The predicted octanol–water partition coefficient (Wildman–Crippen LogP) is 29.7. The monoisotopic (exact) mass is 1610 g/mol. The lowest BCUT2D eigenvalue weighted by atomic mass is 9.66. The number of aryl methyl sites for hydroxylation is 1. The van der Waals surface area contributed by atoms with E-state index < -0.39 is 127 Å². The molecular weight excluding hydrogens is 1550 g/mol. The van der Waals surface area contributed by atoms with Gasteiger partial charge < -0.3 is 4.57 Å². The highest BCUT2D eigenvalue weighted by Crippen LogP contribution is 2.62. The first-order valence-corrected chi connectivity index (χ1v) is 35.9. The van der Waals surface area contributed by atoms with Gasteiger partial charge >= 0.3 is 49.4 Å². The van der Waals surface area contributed by atoms with Crippen molar-refractivity contribution >= 4 is 21.8 Å². The molecule has 2 aliphatic rings. The summed E-state index contributed by atoms with van der Waals surface area (Å²) in [6.07, 6.45) is -38.0. The number of rotatable bonds is 15. The number of fused-ring (bicyclic) bond motifs is 9. The Kier molecular flexibility index (Phi) is 19.3. The van der Waals surface area contributed by atoms with Crippen molar-refractivity contribution in [3.05, 3.63) is 332 Å². The standard InChI is InChI=1S/C90H57F24N/c1-2-3-4-5-6-13-30-115-79-28-22-59(81(57-14-9-7-10-15-57)75-39-49(53-31-61(83(91,92)93)43-62(32-53)84(94,95)96)18-24-69(75)70-25-19-50(40-76(70)81)54-33-63(85(97,98)99)44-64(34-54)86(100,101)102)47-73(79)74-48-60(23-29-80(74)115)82(58-16-11-8-12-17-58)77-41-51(55-35-65(87(103,104)105)45-66(36-55)88(106,107)108)20-26-71(77)72-27-21-52(42-78(72)82)56-37-67(89(109,110)111)46-68(38-56)90(112,113)114/h7-12,14-29,31-48H,2-6,13,30H2,1H3. The van der Waals surface area contributed by atoms with Crippen molar-refractivity contribution in [1.29, 1.82) is 0 Å². The smallest absolute Gasteiger partial charge is 0.340 e. The van der Waals surface area contributed by atoms with Crippen LogP contribution in [0.15, 0.2) is 243 Å².